The van der Waals surface area contributed by atoms with Gasteiger partial charge in [-0.2, -0.15) is 0 Å². The fourth-order valence-electron chi connectivity index (χ4n) is 1.48. The highest BCUT2D eigenvalue weighted by Crippen LogP contribution is 2.15. The van der Waals surface area contributed by atoms with E-state index in [4.69, 9.17) is 9.53 Å². The molecule has 0 amide bonds. The molecule has 0 unspecified atom stereocenters. The third kappa shape index (κ3) is 3.46. The standard InChI is InChI=1S/C8H17NO3Si/c1-13(2,3)12-6-4-7(8(10)11)9-5-6/h6-7,9H,4-5H2,1-3H3,(H,10,11)/t6-,7-/m1/s1. The van der Waals surface area contributed by atoms with E-state index >= 15 is 0 Å². The maximum atomic E-state index is 10.6. The molecule has 0 radical (unpaired) electrons. The largest absolute Gasteiger partial charge is 0.480 e. The summed E-state index contributed by atoms with van der Waals surface area (Å²) in [5.41, 5.74) is 0. The average Bonchev–Trinajstić information content (AvgIpc) is 2.31. The third-order valence-corrected chi connectivity index (χ3v) is 2.95. The summed E-state index contributed by atoms with van der Waals surface area (Å²) in [4.78, 5) is 10.6. The van der Waals surface area contributed by atoms with E-state index in [0.717, 1.165) is 0 Å². The Hall–Kier alpha value is -0.393. The molecule has 5 heteroatoms. The van der Waals surface area contributed by atoms with Crippen LogP contribution >= 0.6 is 0 Å². The van der Waals surface area contributed by atoms with Crippen molar-refractivity contribution in [3.05, 3.63) is 0 Å². The predicted molar refractivity (Wildman–Crippen MR) is 52.3 cm³/mol. The van der Waals surface area contributed by atoms with E-state index in [1.54, 1.807) is 0 Å². The number of hydrogen-bond donors (Lipinski definition) is 2. The molecule has 0 aromatic rings. The Morgan fingerprint density at radius 3 is 2.54 bits per heavy atom. The normalized spacial score (nSPS) is 29.2. The van der Waals surface area contributed by atoms with Gasteiger partial charge in [-0.1, -0.05) is 0 Å². The lowest BCUT2D eigenvalue weighted by Crippen LogP contribution is -2.33. The monoisotopic (exact) mass is 203 g/mol. The van der Waals surface area contributed by atoms with Crippen LogP contribution in [0.15, 0.2) is 0 Å². The fraction of sp³-hybridized carbons (Fsp3) is 0.875. The van der Waals surface area contributed by atoms with Crippen LogP contribution in [-0.4, -0.2) is 38.1 Å². The summed E-state index contributed by atoms with van der Waals surface area (Å²) in [6.45, 7) is 7.00. The molecule has 0 aromatic carbocycles. The lowest BCUT2D eigenvalue weighted by molar-refractivity contribution is -0.139. The van der Waals surface area contributed by atoms with Gasteiger partial charge in [0.25, 0.3) is 0 Å². The summed E-state index contributed by atoms with van der Waals surface area (Å²) in [6.07, 6.45) is 0.687. The number of aliphatic carboxylic acids is 1. The van der Waals surface area contributed by atoms with Crippen LogP contribution in [0.1, 0.15) is 6.42 Å². The Balaban J connectivity index is 2.38. The summed E-state index contributed by atoms with van der Waals surface area (Å²) < 4.78 is 5.79. The number of carboxylic acids is 1. The zero-order chi connectivity index (χ0) is 10.1. The van der Waals surface area contributed by atoms with Gasteiger partial charge in [0.2, 0.25) is 0 Å². The molecule has 1 heterocycles. The van der Waals surface area contributed by atoms with Gasteiger partial charge in [0, 0.05) is 6.54 Å². The molecule has 0 spiro atoms. The van der Waals surface area contributed by atoms with E-state index < -0.39 is 20.3 Å². The highest BCUT2D eigenvalue weighted by molar-refractivity contribution is 6.69. The van der Waals surface area contributed by atoms with Crippen molar-refractivity contribution in [1.82, 2.24) is 5.32 Å². The van der Waals surface area contributed by atoms with Gasteiger partial charge in [-0.15, -0.1) is 0 Å². The quantitative estimate of drug-likeness (QED) is 0.661. The number of carbonyl (C=O) groups is 1. The van der Waals surface area contributed by atoms with Crippen molar-refractivity contribution in [1.29, 1.82) is 0 Å². The van der Waals surface area contributed by atoms with Crippen LogP contribution in [0.25, 0.3) is 0 Å². The average molecular weight is 203 g/mol. The van der Waals surface area contributed by atoms with Crippen LogP contribution in [0.2, 0.25) is 19.6 Å². The van der Waals surface area contributed by atoms with Crippen LogP contribution in [0.5, 0.6) is 0 Å². The van der Waals surface area contributed by atoms with Crippen molar-refractivity contribution >= 4 is 14.3 Å². The fourth-order valence-corrected chi connectivity index (χ4v) is 2.66. The van der Waals surface area contributed by atoms with Crippen molar-refractivity contribution in [3.63, 3.8) is 0 Å². The maximum Gasteiger partial charge on any atom is 0.320 e. The Labute approximate surface area is 79.4 Å². The molecule has 1 fully saturated rings. The number of nitrogens with one attached hydrogen (secondary N) is 1. The van der Waals surface area contributed by atoms with Crippen molar-refractivity contribution in [3.8, 4) is 0 Å². The molecule has 13 heavy (non-hydrogen) atoms. The summed E-state index contributed by atoms with van der Waals surface area (Å²) in [5, 5.41) is 11.6. The second-order valence-electron chi connectivity index (χ2n) is 4.39. The first-order chi connectivity index (χ1) is 5.88. The van der Waals surface area contributed by atoms with E-state index in [-0.39, 0.29) is 6.10 Å². The van der Waals surface area contributed by atoms with E-state index in [9.17, 15) is 4.79 Å². The molecule has 0 bridgehead atoms. The van der Waals surface area contributed by atoms with Crippen molar-refractivity contribution in [2.45, 2.75) is 38.2 Å². The first kappa shape index (κ1) is 10.7. The Morgan fingerprint density at radius 2 is 2.15 bits per heavy atom. The molecule has 1 rings (SSSR count). The molecule has 4 nitrogen and oxygen atoms in total. The smallest absolute Gasteiger partial charge is 0.320 e. The molecule has 0 aromatic heterocycles. The van der Waals surface area contributed by atoms with E-state index in [0.29, 0.717) is 13.0 Å². The van der Waals surface area contributed by atoms with Crippen LogP contribution in [0.4, 0.5) is 0 Å². The molecule has 1 aliphatic heterocycles. The highest BCUT2D eigenvalue weighted by Gasteiger charge is 2.32. The second kappa shape index (κ2) is 3.77. The molecule has 76 valence electrons. The molecule has 0 aliphatic carbocycles. The molecule has 1 aliphatic rings. The van der Waals surface area contributed by atoms with Crippen LogP contribution in [0.3, 0.4) is 0 Å². The van der Waals surface area contributed by atoms with Gasteiger partial charge < -0.3 is 14.8 Å². The Kier molecular flexibility index (Phi) is 3.10. The first-order valence-corrected chi connectivity index (χ1v) is 7.93. The Morgan fingerprint density at radius 1 is 1.54 bits per heavy atom. The molecular weight excluding hydrogens is 186 g/mol. The van der Waals surface area contributed by atoms with Gasteiger partial charge in [-0.25, -0.2) is 0 Å². The predicted octanol–water partition coefficient (Wildman–Crippen LogP) is 0.653. The highest BCUT2D eigenvalue weighted by atomic mass is 28.4. The van der Waals surface area contributed by atoms with Gasteiger partial charge in [0.05, 0.1) is 6.10 Å². The maximum absolute atomic E-state index is 10.6. The third-order valence-electron chi connectivity index (χ3n) is 1.91. The topological polar surface area (TPSA) is 58.6 Å². The minimum atomic E-state index is -1.52. The number of rotatable bonds is 3. The van der Waals surface area contributed by atoms with Crippen molar-refractivity contribution in [2.75, 3.05) is 6.54 Å². The molecule has 2 atom stereocenters. The van der Waals surface area contributed by atoms with E-state index in [2.05, 4.69) is 25.0 Å². The van der Waals surface area contributed by atoms with E-state index in [1.807, 2.05) is 0 Å². The summed E-state index contributed by atoms with van der Waals surface area (Å²) >= 11 is 0. The van der Waals surface area contributed by atoms with Gasteiger partial charge in [-0.3, -0.25) is 4.79 Å². The minimum absolute atomic E-state index is 0.0905. The second-order valence-corrected chi connectivity index (χ2v) is 8.85. The van der Waals surface area contributed by atoms with Crippen molar-refractivity contribution < 1.29 is 14.3 Å². The zero-order valence-corrected chi connectivity index (χ0v) is 9.33. The van der Waals surface area contributed by atoms with Crippen LogP contribution < -0.4 is 5.32 Å². The minimum Gasteiger partial charge on any atom is -0.480 e. The molecular formula is C8H17NO3Si. The number of carboxylic acid groups (broad SMARTS) is 1. The van der Waals surface area contributed by atoms with Gasteiger partial charge in [-0.05, 0) is 26.1 Å². The van der Waals surface area contributed by atoms with Crippen LogP contribution in [0, 0.1) is 0 Å². The summed E-state index contributed by atoms with van der Waals surface area (Å²) in [6, 6.07) is -0.415. The van der Waals surface area contributed by atoms with Crippen LogP contribution in [-0.2, 0) is 9.22 Å². The Bertz CT molecular complexity index is 202. The number of hydrogen-bond acceptors (Lipinski definition) is 3. The van der Waals surface area contributed by atoms with Gasteiger partial charge >= 0.3 is 5.97 Å². The lowest BCUT2D eigenvalue weighted by Gasteiger charge is -2.22. The summed E-state index contributed by atoms with van der Waals surface area (Å²) in [7, 11) is -1.52. The molecule has 0 saturated carbocycles. The van der Waals surface area contributed by atoms with Gasteiger partial charge in [0.15, 0.2) is 8.32 Å². The van der Waals surface area contributed by atoms with Gasteiger partial charge in [0.1, 0.15) is 6.04 Å². The molecule has 2 N–H and O–H groups in total. The lowest BCUT2D eigenvalue weighted by atomic mass is 10.2. The van der Waals surface area contributed by atoms with E-state index in [1.165, 1.54) is 0 Å². The molecule has 1 saturated heterocycles. The zero-order valence-electron chi connectivity index (χ0n) is 8.33. The SMILES string of the molecule is C[Si](C)(C)O[C@H]1CN[C@@H](C(=O)O)C1. The summed E-state index contributed by atoms with van der Waals surface area (Å²) in [5.74, 6) is -0.776. The first-order valence-electron chi connectivity index (χ1n) is 4.52. The van der Waals surface area contributed by atoms with Crippen molar-refractivity contribution in [2.24, 2.45) is 0 Å².